The number of allylic oxidation sites excluding steroid dienone is 1. The van der Waals surface area contributed by atoms with E-state index in [4.69, 9.17) is 0 Å². The lowest BCUT2D eigenvalue weighted by Gasteiger charge is -2.49. The maximum absolute atomic E-state index is 15.1. The molecule has 3 aromatic rings. The van der Waals surface area contributed by atoms with Gasteiger partial charge in [-0.25, -0.2) is 9.37 Å². The molecule has 4 heterocycles. The molecule has 0 unspecified atom stereocenters. The molecule has 2 bridgehead atoms. The lowest BCUT2D eigenvalue weighted by Crippen LogP contribution is -2.62. The van der Waals surface area contributed by atoms with Crippen LogP contribution in [0.3, 0.4) is 0 Å². The molecule has 2 saturated heterocycles. The van der Waals surface area contributed by atoms with Crippen molar-refractivity contribution >= 4 is 16.3 Å². The number of halogens is 1. The molecule has 1 aromatic carbocycles. The lowest BCUT2D eigenvalue weighted by atomic mass is 9.69. The minimum atomic E-state index is -1.01. The van der Waals surface area contributed by atoms with Gasteiger partial charge in [-0.1, -0.05) is 6.58 Å². The second kappa shape index (κ2) is 7.09. The highest BCUT2D eigenvalue weighted by Gasteiger charge is 2.47. The van der Waals surface area contributed by atoms with Crippen LogP contribution in [0.2, 0.25) is 0 Å². The molecule has 0 aliphatic carbocycles. The smallest absolute Gasteiger partial charge is 0.177 e. The largest absolute Gasteiger partial charge is 0.507 e. The van der Waals surface area contributed by atoms with Crippen LogP contribution < -0.4 is 5.32 Å². The predicted octanol–water partition coefficient (Wildman–Crippen LogP) is 4.06. The standard InChI is InChI=1S/C23H24FN5O/c1-13(17-10-23(2)6-3-4-18(27-23)21(17)24)22-26-12-19(28-29-22)16-8-14-5-7-25-11-15(14)9-20(16)30/h5,7-9,11-12,17-18,21,27,30H,1,3-4,6,10H2,2H3/t17-,18-,21-,23+/m0/s1. The Hall–Kier alpha value is -2.93. The molecule has 2 fully saturated rings. The Bertz CT molecular complexity index is 1120. The third kappa shape index (κ3) is 3.23. The van der Waals surface area contributed by atoms with E-state index in [0.717, 1.165) is 30.0 Å². The van der Waals surface area contributed by atoms with Crippen molar-refractivity contribution in [2.45, 2.75) is 50.4 Å². The summed E-state index contributed by atoms with van der Waals surface area (Å²) >= 11 is 0. The van der Waals surface area contributed by atoms with Gasteiger partial charge in [0.25, 0.3) is 0 Å². The molecule has 154 valence electrons. The summed E-state index contributed by atoms with van der Waals surface area (Å²) in [6, 6.07) is 5.20. The number of alkyl halides is 1. The van der Waals surface area contributed by atoms with Crippen LogP contribution in [0.15, 0.2) is 43.4 Å². The van der Waals surface area contributed by atoms with Gasteiger partial charge >= 0.3 is 0 Å². The van der Waals surface area contributed by atoms with Gasteiger partial charge in [-0.15, -0.1) is 10.2 Å². The zero-order valence-electron chi connectivity index (χ0n) is 16.8. The van der Waals surface area contributed by atoms with Crippen molar-refractivity contribution in [2.24, 2.45) is 5.92 Å². The van der Waals surface area contributed by atoms with Gasteiger partial charge in [-0.2, -0.15) is 0 Å². The van der Waals surface area contributed by atoms with E-state index < -0.39 is 6.17 Å². The summed E-state index contributed by atoms with van der Waals surface area (Å²) < 4.78 is 15.1. The number of hydrogen-bond acceptors (Lipinski definition) is 6. The van der Waals surface area contributed by atoms with Crippen molar-refractivity contribution in [2.75, 3.05) is 0 Å². The van der Waals surface area contributed by atoms with Crippen molar-refractivity contribution in [3.05, 3.63) is 49.2 Å². The third-order valence-electron chi connectivity index (χ3n) is 6.54. The second-order valence-electron chi connectivity index (χ2n) is 8.74. The number of pyridine rings is 1. The summed E-state index contributed by atoms with van der Waals surface area (Å²) in [6.07, 6.45) is 7.55. The number of aromatic nitrogens is 4. The highest BCUT2D eigenvalue weighted by atomic mass is 19.1. The van der Waals surface area contributed by atoms with Gasteiger partial charge in [0.15, 0.2) is 5.82 Å². The number of nitrogens with one attached hydrogen (secondary N) is 1. The van der Waals surface area contributed by atoms with Gasteiger partial charge in [0.05, 0.1) is 6.20 Å². The van der Waals surface area contributed by atoms with Crippen molar-refractivity contribution in [3.8, 4) is 17.0 Å². The normalized spacial score (nSPS) is 28.4. The van der Waals surface area contributed by atoms with E-state index >= 15 is 4.39 Å². The number of phenolic OH excluding ortho intramolecular Hbond substituents is 1. The second-order valence-corrected chi connectivity index (χ2v) is 8.74. The predicted molar refractivity (Wildman–Crippen MR) is 113 cm³/mol. The van der Waals surface area contributed by atoms with Crippen LogP contribution in [-0.4, -0.2) is 43.0 Å². The molecular weight excluding hydrogens is 381 g/mol. The van der Waals surface area contributed by atoms with E-state index in [1.54, 1.807) is 24.7 Å². The molecule has 7 heteroatoms. The molecule has 2 aliphatic heterocycles. The number of piperidine rings is 2. The van der Waals surface area contributed by atoms with Gasteiger partial charge in [-0.3, -0.25) is 4.98 Å². The third-order valence-corrected chi connectivity index (χ3v) is 6.54. The van der Waals surface area contributed by atoms with E-state index in [-0.39, 0.29) is 23.2 Å². The number of fused-ring (bicyclic) bond motifs is 3. The fraction of sp³-hybridized carbons (Fsp3) is 0.391. The van der Waals surface area contributed by atoms with E-state index in [1.165, 1.54) is 0 Å². The first kappa shape index (κ1) is 19.1. The van der Waals surface area contributed by atoms with Gasteiger partial charge in [0, 0.05) is 40.8 Å². The fourth-order valence-electron chi connectivity index (χ4n) is 4.94. The van der Waals surface area contributed by atoms with Gasteiger partial charge < -0.3 is 10.4 Å². The molecule has 6 nitrogen and oxygen atoms in total. The maximum Gasteiger partial charge on any atom is 0.177 e. The number of aromatic hydroxyl groups is 1. The molecular formula is C23H24FN5O. The molecule has 5 rings (SSSR count). The SMILES string of the molecule is C=C(c1ncc(-c2cc3ccncc3cc2O)nn1)[C@@H]1C[C@@]2(C)CCC[C@H](N2)[C@H]1F. The molecule has 0 saturated carbocycles. The lowest BCUT2D eigenvalue weighted by molar-refractivity contribution is 0.0523. The maximum atomic E-state index is 15.1. The van der Waals surface area contributed by atoms with Crippen LogP contribution in [-0.2, 0) is 0 Å². The van der Waals surface area contributed by atoms with Crippen LogP contribution in [0.5, 0.6) is 5.75 Å². The topological polar surface area (TPSA) is 83.8 Å². The van der Waals surface area contributed by atoms with Crippen molar-refractivity contribution in [1.82, 2.24) is 25.5 Å². The Morgan fingerprint density at radius 2 is 2.13 bits per heavy atom. The molecule has 0 amide bonds. The summed E-state index contributed by atoms with van der Waals surface area (Å²) in [5, 5.41) is 24.1. The first-order valence-electron chi connectivity index (χ1n) is 10.3. The Morgan fingerprint density at radius 1 is 1.27 bits per heavy atom. The minimum Gasteiger partial charge on any atom is -0.507 e. The number of phenols is 1. The molecule has 2 aliphatic rings. The van der Waals surface area contributed by atoms with Gasteiger partial charge in [0.2, 0.25) is 0 Å². The summed E-state index contributed by atoms with van der Waals surface area (Å²) in [7, 11) is 0. The van der Waals surface area contributed by atoms with E-state index in [2.05, 4.69) is 39.0 Å². The van der Waals surface area contributed by atoms with E-state index in [9.17, 15) is 5.11 Å². The molecule has 2 aromatic heterocycles. The summed E-state index contributed by atoms with van der Waals surface area (Å²) in [5.41, 5.74) is 1.51. The molecule has 0 spiro atoms. The van der Waals surface area contributed by atoms with Crippen LogP contribution >= 0.6 is 0 Å². The van der Waals surface area contributed by atoms with E-state index in [1.807, 2.05) is 12.1 Å². The van der Waals surface area contributed by atoms with Crippen LogP contribution in [0.4, 0.5) is 4.39 Å². The average molecular weight is 405 g/mol. The van der Waals surface area contributed by atoms with Gasteiger partial charge in [0.1, 0.15) is 17.6 Å². The molecule has 0 radical (unpaired) electrons. The Morgan fingerprint density at radius 3 is 2.93 bits per heavy atom. The highest BCUT2D eigenvalue weighted by Crippen LogP contribution is 2.43. The average Bonchev–Trinajstić information content (AvgIpc) is 2.75. The summed E-state index contributed by atoms with van der Waals surface area (Å²) in [4.78, 5) is 8.49. The Balaban J connectivity index is 1.42. The summed E-state index contributed by atoms with van der Waals surface area (Å²) in [6.45, 7) is 6.29. The van der Waals surface area contributed by atoms with Gasteiger partial charge in [-0.05, 0) is 61.8 Å². The first-order chi connectivity index (χ1) is 14.4. The van der Waals surface area contributed by atoms with Crippen LogP contribution in [0.1, 0.15) is 38.4 Å². The Labute approximate surface area is 174 Å². The van der Waals surface area contributed by atoms with Crippen molar-refractivity contribution < 1.29 is 9.50 Å². The number of hydrogen-bond donors (Lipinski definition) is 2. The fourth-order valence-corrected chi connectivity index (χ4v) is 4.94. The monoisotopic (exact) mass is 405 g/mol. The highest BCUT2D eigenvalue weighted by molar-refractivity contribution is 5.89. The number of nitrogens with zero attached hydrogens (tertiary/aromatic N) is 4. The van der Waals surface area contributed by atoms with E-state index in [0.29, 0.717) is 29.1 Å². The number of benzene rings is 1. The van der Waals surface area contributed by atoms with Crippen LogP contribution in [0, 0.1) is 5.92 Å². The minimum absolute atomic E-state index is 0.0712. The zero-order valence-corrected chi connectivity index (χ0v) is 16.8. The summed E-state index contributed by atoms with van der Waals surface area (Å²) in [5.74, 6) is 0.122. The van der Waals surface area contributed by atoms with Crippen LogP contribution in [0.25, 0.3) is 27.6 Å². The number of rotatable bonds is 3. The first-order valence-corrected chi connectivity index (χ1v) is 10.3. The zero-order chi connectivity index (χ0) is 20.9. The quantitative estimate of drug-likeness (QED) is 0.684. The molecule has 2 N–H and O–H groups in total. The van der Waals surface area contributed by atoms with Crippen molar-refractivity contribution in [1.29, 1.82) is 0 Å². The van der Waals surface area contributed by atoms with Crippen molar-refractivity contribution in [3.63, 3.8) is 0 Å². The molecule has 4 atom stereocenters. The Kier molecular flexibility index (Phi) is 4.50. The molecule has 30 heavy (non-hydrogen) atoms.